The van der Waals surface area contributed by atoms with Crippen molar-refractivity contribution in [2.45, 2.75) is 36.6 Å². The van der Waals surface area contributed by atoms with Crippen molar-refractivity contribution < 1.29 is 27.5 Å². The number of aliphatic carboxylic acids is 1. The Bertz CT molecular complexity index is 705. The van der Waals surface area contributed by atoms with Crippen molar-refractivity contribution >= 4 is 21.9 Å². The summed E-state index contributed by atoms with van der Waals surface area (Å²) < 4.78 is 39.0. The Morgan fingerprint density at radius 2 is 1.88 bits per heavy atom. The number of rotatable bonds is 7. The van der Waals surface area contributed by atoms with Crippen LogP contribution in [0.4, 0.5) is 4.39 Å². The summed E-state index contributed by atoms with van der Waals surface area (Å²) >= 11 is 0. The van der Waals surface area contributed by atoms with Gasteiger partial charge < -0.3 is 10.4 Å². The lowest BCUT2D eigenvalue weighted by atomic mass is 10.1. The Labute approximate surface area is 139 Å². The van der Waals surface area contributed by atoms with Crippen molar-refractivity contribution in [3.63, 3.8) is 0 Å². The average Bonchev–Trinajstić information content (AvgIpc) is 2.96. The summed E-state index contributed by atoms with van der Waals surface area (Å²) in [6.07, 6.45) is 1.46. The lowest BCUT2D eigenvalue weighted by molar-refractivity contribution is -0.141. The van der Waals surface area contributed by atoms with E-state index in [0.717, 1.165) is 24.3 Å². The molecule has 24 heavy (non-hydrogen) atoms. The summed E-state index contributed by atoms with van der Waals surface area (Å²) in [6, 6.07) is 4.18. The first-order chi connectivity index (χ1) is 11.3. The molecule has 1 saturated carbocycles. The number of carboxylic acids is 1. The molecule has 0 heterocycles. The number of benzene rings is 1. The highest BCUT2D eigenvalue weighted by Gasteiger charge is 2.30. The molecule has 1 aliphatic rings. The molecule has 0 spiro atoms. The number of nitrogens with one attached hydrogen (secondary N) is 2. The van der Waals surface area contributed by atoms with Crippen LogP contribution in [0.25, 0.3) is 0 Å². The van der Waals surface area contributed by atoms with Crippen molar-refractivity contribution in [1.82, 2.24) is 10.0 Å². The molecule has 1 amide bonds. The number of amides is 1. The van der Waals surface area contributed by atoms with Crippen LogP contribution in [0.3, 0.4) is 0 Å². The number of carboxylic acid groups (broad SMARTS) is 1. The largest absolute Gasteiger partial charge is 0.481 e. The van der Waals surface area contributed by atoms with E-state index in [-0.39, 0.29) is 29.8 Å². The standard InChI is InChI=1S/C15H19FN2O5S/c16-11-2-5-13(6-3-11)24(22,23)17-8-7-14(19)18-12-4-1-10(9-12)15(20)21/h2-3,5-6,10,12,17H,1,4,7-9H2,(H,18,19)(H,20,21)/t10-,12+/m0/s1. The van der Waals surface area contributed by atoms with Crippen LogP contribution < -0.4 is 10.0 Å². The third-order valence-corrected chi connectivity index (χ3v) is 5.39. The molecule has 0 bridgehead atoms. The number of halogens is 1. The number of carbonyl (C=O) groups is 2. The topological polar surface area (TPSA) is 113 Å². The first-order valence-corrected chi connectivity index (χ1v) is 9.03. The van der Waals surface area contributed by atoms with E-state index in [9.17, 15) is 22.4 Å². The van der Waals surface area contributed by atoms with Crippen LogP contribution in [0, 0.1) is 11.7 Å². The van der Waals surface area contributed by atoms with Crippen molar-refractivity contribution in [3.8, 4) is 0 Å². The van der Waals surface area contributed by atoms with Crippen LogP contribution >= 0.6 is 0 Å². The summed E-state index contributed by atoms with van der Waals surface area (Å²) in [5, 5.41) is 11.6. The maximum Gasteiger partial charge on any atom is 0.306 e. The highest BCUT2D eigenvalue weighted by Crippen LogP contribution is 2.25. The van der Waals surface area contributed by atoms with Gasteiger partial charge in [0.05, 0.1) is 10.8 Å². The number of hydrogen-bond acceptors (Lipinski definition) is 4. The molecule has 1 aromatic carbocycles. The molecule has 0 unspecified atom stereocenters. The molecule has 0 radical (unpaired) electrons. The predicted octanol–water partition coefficient (Wildman–Crippen LogP) is 0.864. The van der Waals surface area contributed by atoms with Crippen LogP contribution in [-0.4, -0.2) is 38.0 Å². The Hall–Kier alpha value is -2.00. The van der Waals surface area contributed by atoms with E-state index in [1.54, 1.807) is 0 Å². The van der Waals surface area contributed by atoms with Crippen LogP contribution in [0.5, 0.6) is 0 Å². The van der Waals surface area contributed by atoms with Gasteiger partial charge in [0, 0.05) is 19.0 Å². The summed E-state index contributed by atoms with van der Waals surface area (Å²) in [4.78, 5) is 22.6. The molecule has 1 aliphatic carbocycles. The van der Waals surface area contributed by atoms with Gasteiger partial charge in [-0.15, -0.1) is 0 Å². The van der Waals surface area contributed by atoms with E-state index < -0.39 is 27.7 Å². The van der Waals surface area contributed by atoms with Crippen molar-refractivity contribution in [2.75, 3.05) is 6.54 Å². The van der Waals surface area contributed by atoms with Gasteiger partial charge in [0.25, 0.3) is 0 Å². The maximum atomic E-state index is 12.8. The second-order valence-electron chi connectivity index (χ2n) is 5.71. The Morgan fingerprint density at radius 1 is 1.21 bits per heavy atom. The molecule has 9 heteroatoms. The number of hydrogen-bond donors (Lipinski definition) is 3. The average molecular weight is 358 g/mol. The molecular weight excluding hydrogens is 339 g/mol. The van der Waals surface area contributed by atoms with E-state index in [2.05, 4.69) is 10.0 Å². The van der Waals surface area contributed by atoms with Gasteiger partial charge >= 0.3 is 5.97 Å². The smallest absolute Gasteiger partial charge is 0.306 e. The third-order valence-electron chi connectivity index (χ3n) is 3.92. The quantitative estimate of drug-likeness (QED) is 0.669. The fraction of sp³-hybridized carbons (Fsp3) is 0.467. The van der Waals surface area contributed by atoms with Gasteiger partial charge in [0.1, 0.15) is 5.82 Å². The Kier molecular flexibility index (Phi) is 5.89. The predicted molar refractivity (Wildman–Crippen MR) is 83.1 cm³/mol. The minimum atomic E-state index is -3.79. The zero-order chi connectivity index (χ0) is 17.7. The number of sulfonamides is 1. The van der Waals surface area contributed by atoms with E-state index in [1.807, 2.05) is 0 Å². The van der Waals surface area contributed by atoms with Gasteiger partial charge in [-0.2, -0.15) is 0 Å². The molecule has 132 valence electrons. The summed E-state index contributed by atoms with van der Waals surface area (Å²) in [5.74, 6) is -2.18. The molecule has 0 aliphatic heterocycles. The first kappa shape index (κ1) is 18.3. The summed E-state index contributed by atoms with van der Waals surface area (Å²) in [6.45, 7) is -0.0966. The molecule has 0 saturated heterocycles. The third kappa shape index (κ3) is 5.00. The minimum absolute atomic E-state index is 0.0609. The molecule has 7 nitrogen and oxygen atoms in total. The molecule has 1 fully saturated rings. The lowest BCUT2D eigenvalue weighted by Gasteiger charge is -2.12. The van der Waals surface area contributed by atoms with Gasteiger partial charge in [0.15, 0.2) is 0 Å². The summed E-state index contributed by atoms with van der Waals surface area (Å²) in [7, 11) is -3.79. The normalized spacial score (nSPS) is 20.7. The Morgan fingerprint density at radius 3 is 2.46 bits per heavy atom. The second kappa shape index (κ2) is 7.71. The molecule has 1 aromatic rings. The van der Waals surface area contributed by atoms with Crippen molar-refractivity contribution in [2.24, 2.45) is 5.92 Å². The molecular formula is C15H19FN2O5S. The van der Waals surface area contributed by atoms with Gasteiger partial charge in [-0.25, -0.2) is 17.5 Å². The van der Waals surface area contributed by atoms with Crippen molar-refractivity contribution in [3.05, 3.63) is 30.1 Å². The zero-order valence-corrected chi connectivity index (χ0v) is 13.7. The van der Waals surface area contributed by atoms with Crippen molar-refractivity contribution in [1.29, 1.82) is 0 Å². The zero-order valence-electron chi connectivity index (χ0n) is 12.9. The fourth-order valence-electron chi connectivity index (χ4n) is 2.63. The monoisotopic (exact) mass is 358 g/mol. The summed E-state index contributed by atoms with van der Waals surface area (Å²) in [5.41, 5.74) is 0. The van der Waals surface area contributed by atoms with E-state index >= 15 is 0 Å². The Balaban J connectivity index is 1.76. The van der Waals surface area contributed by atoms with E-state index in [0.29, 0.717) is 19.3 Å². The highest BCUT2D eigenvalue weighted by molar-refractivity contribution is 7.89. The van der Waals surface area contributed by atoms with Gasteiger partial charge in [-0.05, 0) is 43.5 Å². The number of carbonyl (C=O) groups excluding carboxylic acids is 1. The highest BCUT2D eigenvalue weighted by atomic mass is 32.2. The van der Waals surface area contributed by atoms with Gasteiger partial charge in [-0.1, -0.05) is 0 Å². The first-order valence-electron chi connectivity index (χ1n) is 7.55. The lowest BCUT2D eigenvalue weighted by Crippen LogP contribution is -2.36. The second-order valence-corrected chi connectivity index (χ2v) is 7.48. The molecule has 3 N–H and O–H groups in total. The van der Waals surface area contributed by atoms with Crippen LogP contribution in [-0.2, 0) is 19.6 Å². The fourth-order valence-corrected chi connectivity index (χ4v) is 3.66. The molecule has 2 rings (SSSR count). The van der Waals surface area contributed by atoms with Crippen LogP contribution in [0.15, 0.2) is 29.2 Å². The van der Waals surface area contributed by atoms with Crippen LogP contribution in [0.1, 0.15) is 25.7 Å². The van der Waals surface area contributed by atoms with E-state index in [1.165, 1.54) is 0 Å². The van der Waals surface area contributed by atoms with Crippen LogP contribution in [0.2, 0.25) is 0 Å². The molecule has 2 atom stereocenters. The SMILES string of the molecule is O=C(CCNS(=O)(=O)c1ccc(F)cc1)N[C@@H]1CC[C@H](C(=O)O)C1. The van der Waals surface area contributed by atoms with Gasteiger partial charge in [0.2, 0.25) is 15.9 Å². The maximum absolute atomic E-state index is 12.8. The van der Waals surface area contributed by atoms with E-state index in [4.69, 9.17) is 5.11 Å². The minimum Gasteiger partial charge on any atom is -0.481 e. The molecule has 0 aromatic heterocycles. The van der Waals surface area contributed by atoms with Gasteiger partial charge in [-0.3, -0.25) is 9.59 Å².